The van der Waals surface area contributed by atoms with E-state index >= 15 is 0 Å². The van der Waals surface area contributed by atoms with E-state index in [0.717, 1.165) is 0 Å². The first-order chi connectivity index (χ1) is 4.34. The number of hydrogen-bond donors (Lipinski definition) is 0. The summed E-state index contributed by atoms with van der Waals surface area (Å²) >= 11 is 2.18. The Hall–Kier alpha value is -0.500. The molecule has 9 heavy (non-hydrogen) atoms. The summed E-state index contributed by atoms with van der Waals surface area (Å²) in [4.78, 5) is 1.58. The van der Waals surface area contributed by atoms with Crippen LogP contribution in [-0.4, -0.2) is 8.95 Å². The number of nitriles is 1. The molecule has 0 bridgehead atoms. The van der Waals surface area contributed by atoms with Gasteiger partial charge in [0.25, 0.3) is 0 Å². The topological polar surface area (TPSA) is 27.0 Å². The first kappa shape index (κ1) is 6.62. The number of allylic oxidation sites excluding steroid dienone is 2. The van der Waals surface area contributed by atoms with E-state index in [9.17, 15) is 0 Å². The number of halogens is 1. The molecule has 3 heteroatoms. The van der Waals surface area contributed by atoms with Crippen molar-refractivity contribution in [3.8, 4) is 6.19 Å². The van der Waals surface area contributed by atoms with Crippen molar-refractivity contribution in [3.63, 3.8) is 0 Å². The molecule has 1 rings (SSSR count). The monoisotopic (exact) mass is 232 g/mol. The van der Waals surface area contributed by atoms with Gasteiger partial charge in [-0.1, -0.05) is 34.7 Å². The molecular formula is C6H5IN2. The molecule has 0 amide bonds. The molecule has 1 aliphatic rings. The Kier molecular flexibility index (Phi) is 2.11. The van der Waals surface area contributed by atoms with Gasteiger partial charge in [0, 0.05) is 6.20 Å². The molecule has 0 saturated carbocycles. The van der Waals surface area contributed by atoms with E-state index in [2.05, 4.69) is 22.6 Å². The highest BCUT2D eigenvalue weighted by Gasteiger charge is 2.07. The van der Waals surface area contributed by atoms with Gasteiger partial charge in [-0.15, -0.1) is 0 Å². The van der Waals surface area contributed by atoms with Crippen LogP contribution in [0.2, 0.25) is 0 Å². The fourth-order valence-corrected chi connectivity index (χ4v) is 1.11. The second-order valence-electron chi connectivity index (χ2n) is 1.61. The van der Waals surface area contributed by atoms with Crippen molar-refractivity contribution >= 4 is 22.6 Å². The standard InChI is InChI=1S/C6H5IN2/c7-6-3-1-2-4-9(6)5-8/h1-4,6H/t6-/m1/s1. The summed E-state index contributed by atoms with van der Waals surface area (Å²) < 4.78 is 0.192. The van der Waals surface area contributed by atoms with Crippen LogP contribution in [0, 0.1) is 11.5 Å². The van der Waals surface area contributed by atoms with E-state index in [1.165, 1.54) is 0 Å². The minimum atomic E-state index is 0.192. The Morgan fingerprint density at radius 1 is 1.56 bits per heavy atom. The van der Waals surface area contributed by atoms with Crippen LogP contribution in [0.3, 0.4) is 0 Å². The second kappa shape index (κ2) is 2.87. The first-order valence-electron chi connectivity index (χ1n) is 2.52. The lowest BCUT2D eigenvalue weighted by Crippen LogP contribution is -2.19. The van der Waals surface area contributed by atoms with Gasteiger partial charge >= 0.3 is 0 Å². The van der Waals surface area contributed by atoms with Crippen molar-refractivity contribution in [1.82, 2.24) is 4.90 Å². The lowest BCUT2D eigenvalue weighted by molar-refractivity contribution is 0.562. The predicted octanol–water partition coefficient (Wildman–Crippen LogP) is 1.61. The quantitative estimate of drug-likeness (QED) is 0.274. The van der Waals surface area contributed by atoms with Crippen LogP contribution < -0.4 is 0 Å². The van der Waals surface area contributed by atoms with Gasteiger partial charge in [0.2, 0.25) is 0 Å². The molecular weight excluding hydrogens is 227 g/mol. The predicted molar refractivity (Wildman–Crippen MR) is 43.5 cm³/mol. The SMILES string of the molecule is N#CN1C=CC=C[C@@H]1I. The third-order valence-corrected chi connectivity index (χ3v) is 2.02. The third-order valence-electron chi connectivity index (χ3n) is 1.01. The molecule has 0 aliphatic carbocycles. The zero-order valence-corrected chi connectivity index (χ0v) is 6.82. The van der Waals surface area contributed by atoms with Gasteiger partial charge in [-0.05, 0) is 6.08 Å². The maximum Gasteiger partial charge on any atom is 0.185 e. The Morgan fingerprint density at radius 3 is 2.78 bits per heavy atom. The van der Waals surface area contributed by atoms with E-state index in [1.54, 1.807) is 11.1 Å². The van der Waals surface area contributed by atoms with Crippen molar-refractivity contribution in [2.24, 2.45) is 0 Å². The normalized spacial score (nSPS) is 24.0. The molecule has 0 aromatic rings. The van der Waals surface area contributed by atoms with Crippen LogP contribution in [-0.2, 0) is 0 Å². The lowest BCUT2D eigenvalue weighted by Gasteiger charge is -2.15. The third kappa shape index (κ3) is 1.45. The van der Waals surface area contributed by atoms with Crippen LogP contribution in [0.25, 0.3) is 0 Å². The molecule has 2 nitrogen and oxygen atoms in total. The summed E-state index contributed by atoms with van der Waals surface area (Å²) in [6.07, 6.45) is 9.55. The van der Waals surface area contributed by atoms with Gasteiger partial charge in [0.05, 0.1) is 0 Å². The fraction of sp³-hybridized carbons (Fsp3) is 0.167. The van der Waals surface area contributed by atoms with Gasteiger partial charge in [-0.25, -0.2) is 0 Å². The fourth-order valence-electron chi connectivity index (χ4n) is 0.562. The van der Waals surface area contributed by atoms with Crippen LogP contribution >= 0.6 is 22.6 Å². The Balaban J connectivity index is 2.68. The van der Waals surface area contributed by atoms with Crippen LogP contribution in [0.15, 0.2) is 24.4 Å². The molecule has 0 radical (unpaired) electrons. The molecule has 0 fully saturated rings. The summed E-state index contributed by atoms with van der Waals surface area (Å²) in [6, 6.07) is 0. The molecule has 1 aliphatic heterocycles. The molecule has 0 spiro atoms. The largest absolute Gasteiger partial charge is 0.270 e. The summed E-state index contributed by atoms with van der Waals surface area (Å²) in [6.45, 7) is 0. The average molecular weight is 232 g/mol. The second-order valence-corrected chi connectivity index (χ2v) is 2.88. The van der Waals surface area contributed by atoms with E-state index in [0.29, 0.717) is 0 Å². The molecule has 1 heterocycles. The summed E-state index contributed by atoms with van der Waals surface area (Å²) in [5.74, 6) is 0. The molecule has 0 unspecified atom stereocenters. The van der Waals surface area contributed by atoms with Gasteiger partial charge in [-0.2, -0.15) is 5.26 Å². The number of rotatable bonds is 0. The van der Waals surface area contributed by atoms with Gasteiger partial charge in [0.1, 0.15) is 4.05 Å². The van der Waals surface area contributed by atoms with Crippen molar-refractivity contribution in [2.75, 3.05) is 0 Å². The van der Waals surface area contributed by atoms with Crippen LogP contribution in [0.5, 0.6) is 0 Å². The molecule has 46 valence electrons. The zero-order chi connectivity index (χ0) is 6.69. The lowest BCUT2D eigenvalue weighted by atomic mass is 10.4. The number of hydrogen-bond acceptors (Lipinski definition) is 2. The van der Waals surface area contributed by atoms with Crippen LogP contribution in [0.4, 0.5) is 0 Å². The Bertz CT molecular complexity index is 190. The Morgan fingerprint density at radius 2 is 2.33 bits per heavy atom. The van der Waals surface area contributed by atoms with Gasteiger partial charge in [0.15, 0.2) is 6.19 Å². The van der Waals surface area contributed by atoms with Crippen molar-refractivity contribution in [2.45, 2.75) is 4.05 Å². The molecule has 0 N–H and O–H groups in total. The van der Waals surface area contributed by atoms with E-state index < -0.39 is 0 Å². The van der Waals surface area contributed by atoms with Gasteiger partial charge in [-0.3, -0.25) is 4.90 Å². The van der Waals surface area contributed by atoms with E-state index in [4.69, 9.17) is 5.26 Å². The highest BCUT2D eigenvalue weighted by Crippen LogP contribution is 2.12. The van der Waals surface area contributed by atoms with E-state index in [-0.39, 0.29) is 4.05 Å². The zero-order valence-electron chi connectivity index (χ0n) is 4.66. The molecule has 1 atom stereocenters. The number of nitrogens with zero attached hydrogens (tertiary/aromatic N) is 2. The van der Waals surface area contributed by atoms with Crippen molar-refractivity contribution in [3.05, 3.63) is 24.4 Å². The highest BCUT2D eigenvalue weighted by atomic mass is 127. The van der Waals surface area contributed by atoms with Crippen molar-refractivity contribution < 1.29 is 0 Å². The minimum Gasteiger partial charge on any atom is -0.270 e. The summed E-state index contributed by atoms with van der Waals surface area (Å²) in [7, 11) is 0. The first-order valence-corrected chi connectivity index (χ1v) is 3.76. The van der Waals surface area contributed by atoms with Gasteiger partial charge < -0.3 is 0 Å². The maximum atomic E-state index is 8.45. The highest BCUT2D eigenvalue weighted by molar-refractivity contribution is 14.1. The molecule has 0 aromatic carbocycles. The van der Waals surface area contributed by atoms with Crippen LogP contribution in [0.1, 0.15) is 0 Å². The minimum absolute atomic E-state index is 0.192. The summed E-state index contributed by atoms with van der Waals surface area (Å²) in [5.41, 5.74) is 0. The van der Waals surface area contributed by atoms with Crippen molar-refractivity contribution in [1.29, 1.82) is 5.26 Å². The Labute approximate surface area is 67.6 Å². The maximum absolute atomic E-state index is 8.45. The van der Waals surface area contributed by atoms with E-state index in [1.807, 2.05) is 24.4 Å². The average Bonchev–Trinajstić information content (AvgIpc) is 1.89. The smallest absolute Gasteiger partial charge is 0.185 e. The molecule has 0 saturated heterocycles. The summed E-state index contributed by atoms with van der Waals surface area (Å²) in [5, 5.41) is 8.45. The number of alkyl halides is 1. The molecule has 0 aromatic heterocycles.